The molecule has 1 aromatic carbocycles. The van der Waals surface area contributed by atoms with E-state index in [4.69, 9.17) is 5.21 Å². The number of anilines is 1. The van der Waals surface area contributed by atoms with Crippen LogP contribution in [-0.2, 0) is 11.2 Å². The van der Waals surface area contributed by atoms with Crippen LogP contribution in [0.1, 0.15) is 19.5 Å². The van der Waals surface area contributed by atoms with Crippen molar-refractivity contribution in [3.05, 3.63) is 36.0 Å². The van der Waals surface area contributed by atoms with E-state index in [2.05, 4.69) is 24.1 Å². The van der Waals surface area contributed by atoms with E-state index in [1.165, 1.54) is 0 Å². The summed E-state index contributed by atoms with van der Waals surface area (Å²) in [5.74, 6) is 0.566. The number of carbonyl (C=O) groups is 1. The summed E-state index contributed by atoms with van der Waals surface area (Å²) in [4.78, 5) is 15.8. The number of fused-ring (bicyclic) bond motifs is 3. The van der Waals surface area contributed by atoms with Crippen LogP contribution in [0.4, 0.5) is 5.82 Å². The van der Waals surface area contributed by atoms with Crippen LogP contribution in [0, 0.1) is 5.92 Å². The zero-order valence-electron chi connectivity index (χ0n) is 13.6. The Morgan fingerprint density at radius 3 is 2.79 bits per heavy atom. The summed E-state index contributed by atoms with van der Waals surface area (Å²) in [7, 11) is 0. The van der Waals surface area contributed by atoms with Crippen LogP contribution in [0.2, 0.25) is 0 Å². The summed E-state index contributed by atoms with van der Waals surface area (Å²) < 4.78 is 1.92. The standard InChI is InChI=1S/C17H20N4O3/c1-10(2)8-12-17(18-9-15(23)20-24)19-14-7-6-11-4-3-5-13(22)16(11)21(12)14/h3-7,10,18,22,24H,8-9H2,1-2H3,(H,20,23). The first-order valence-corrected chi connectivity index (χ1v) is 7.80. The van der Waals surface area contributed by atoms with Crippen molar-refractivity contribution in [1.82, 2.24) is 14.9 Å². The van der Waals surface area contributed by atoms with Gasteiger partial charge in [0, 0.05) is 5.39 Å². The summed E-state index contributed by atoms with van der Waals surface area (Å²) in [6.45, 7) is 4.10. The molecule has 0 aliphatic heterocycles. The molecule has 7 heteroatoms. The predicted octanol–water partition coefficient (Wildman–Crippen LogP) is 2.31. The van der Waals surface area contributed by atoms with Gasteiger partial charge in [-0.3, -0.25) is 14.4 Å². The number of benzene rings is 1. The molecule has 0 radical (unpaired) electrons. The van der Waals surface area contributed by atoms with Gasteiger partial charge in [-0.25, -0.2) is 10.5 Å². The van der Waals surface area contributed by atoms with E-state index >= 15 is 0 Å². The highest BCUT2D eigenvalue weighted by Gasteiger charge is 2.17. The molecule has 0 saturated heterocycles. The smallest absolute Gasteiger partial charge is 0.262 e. The number of aromatic hydroxyl groups is 1. The third-order valence-corrected chi connectivity index (χ3v) is 3.82. The number of nitrogens with one attached hydrogen (secondary N) is 2. The van der Waals surface area contributed by atoms with E-state index in [0.29, 0.717) is 22.9 Å². The number of hydrogen-bond acceptors (Lipinski definition) is 5. The highest BCUT2D eigenvalue weighted by atomic mass is 16.5. The molecule has 0 aliphatic rings. The third kappa shape index (κ3) is 2.85. The van der Waals surface area contributed by atoms with Crippen molar-refractivity contribution in [2.75, 3.05) is 11.9 Å². The average Bonchev–Trinajstić information content (AvgIpc) is 2.90. The van der Waals surface area contributed by atoms with E-state index in [1.807, 2.05) is 22.6 Å². The predicted molar refractivity (Wildman–Crippen MR) is 91.3 cm³/mol. The van der Waals surface area contributed by atoms with Crippen molar-refractivity contribution in [2.45, 2.75) is 20.3 Å². The Labute approximate surface area is 138 Å². The van der Waals surface area contributed by atoms with Gasteiger partial charge in [-0.2, -0.15) is 0 Å². The summed E-state index contributed by atoms with van der Waals surface area (Å²) >= 11 is 0. The molecule has 0 bridgehead atoms. The molecule has 3 rings (SSSR count). The number of imidazole rings is 1. The van der Waals surface area contributed by atoms with E-state index in [0.717, 1.165) is 17.5 Å². The second kappa shape index (κ2) is 6.37. The van der Waals surface area contributed by atoms with Gasteiger partial charge < -0.3 is 10.4 Å². The first-order chi connectivity index (χ1) is 11.5. The third-order valence-electron chi connectivity index (χ3n) is 3.82. The van der Waals surface area contributed by atoms with Crippen LogP contribution in [0.3, 0.4) is 0 Å². The fourth-order valence-electron chi connectivity index (χ4n) is 2.85. The van der Waals surface area contributed by atoms with Crippen LogP contribution < -0.4 is 10.8 Å². The molecule has 7 nitrogen and oxygen atoms in total. The molecular weight excluding hydrogens is 308 g/mol. The minimum atomic E-state index is -0.546. The minimum Gasteiger partial charge on any atom is -0.506 e. The van der Waals surface area contributed by atoms with Crippen molar-refractivity contribution in [3.63, 3.8) is 0 Å². The van der Waals surface area contributed by atoms with Crippen LogP contribution in [-0.4, -0.2) is 32.2 Å². The number of rotatable bonds is 5. The number of hydrogen-bond donors (Lipinski definition) is 4. The topological polar surface area (TPSA) is 98.9 Å². The Morgan fingerprint density at radius 2 is 2.08 bits per heavy atom. The molecule has 4 N–H and O–H groups in total. The van der Waals surface area contributed by atoms with Crippen molar-refractivity contribution in [3.8, 4) is 5.75 Å². The number of carbonyl (C=O) groups excluding carboxylic acids is 1. The van der Waals surface area contributed by atoms with Gasteiger partial charge in [0.15, 0.2) is 0 Å². The number of nitrogens with zero attached hydrogens (tertiary/aromatic N) is 2. The summed E-state index contributed by atoms with van der Waals surface area (Å²) in [6.07, 6.45) is 0.720. The lowest BCUT2D eigenvalue weighted by Gasteiger charge is -2.11. The fourth-order valence-corrected chi connectivity index (χ4v) is 2.85. The second-order valence-corrected chi connectivity index (χ2v) is 6.14. The molecule has 0 aliphatic carbocycles. The lowest BCUT2D eigenvalue weighted by molar-refractivity contribution is -0.127. The Bertz CT molecular complexity index is 902. The van der Waals surface area contributed by atoms with Crippen LogP contribution in [0.15, 0.2) is 30.3 Å². The fraction of sp³-hybridized carbons (Fsp3) is 0.294. The number of aromatic nitrogens is 2. The highest BCUT2D eigenvalue weighted by Crippen LogP contribution is 2.30. The first-order valence-electron chi connectivity index (χ1n) is 7.80. The average molecular weight is 328 g/mol. The lowest BCUT2D eigenvalue weighted by atomic mass is 10.1. The lowest BCUT2D eigenvalue weighted by Crippen LogP contribution is -2.27. The maximum absolute atomic E-state index is 11.3. The zero-order valence-corrected chi connectivity index (χ0v) is 13.6. The number of phenolic OH excluding ortho intramolecular Hbond substituents is 1. The summed E-state index contributed by atoms with van der Waals surface area (Å²) in [5, 5.41) is 22.8. The number of amides is 1. The molecule has 1 amide bonds. The second-order valence-electron chi connectivity index (χ2n) is 6.14. The van der Waals surface area contributed by atoms with Crippen molar-refractivity contribution in [1.29, 1.82) is 0 Å². The maximum atomic E-state index is 11.3. The van der Waals surface area contributed by atoms with Crippen LogP contribution in [0.25, 0.3) is 16.6 Å². The van der Waals surface area contributed by atoms with Gasteiger partial charge >= 0.3 is 0 Å². The monoisotopic (exact) mass is 328 g/mol. The minimum absolute atomic E-state index is 0.0879. The first kappa shape index (κ1) is 16.1. The SMILES string of the molecule is CC(C)Cc1c(NCC(=O)NO)nc2ccc3cccc(O)c3n12. The number of phenols is 1. The van der Waals surface area contributed by atoms with Gasteiger partial charge in [-0.1, -0.05) is 26.0 Å². The van der Waals surface area contributed by atoms with E-state index in [1.54, 1.807) is 17.6 Å². The van der Waals surface area contributed by atoms with Crippen LogP contribution >= 0.6 is 0 Å². The normalized spacial score (nSPS) is 11.3. The van der Waals surface area contributed by atoms with Gasteiger partial charge in [-0.15, -0.1) is 0 Å². The quantitative estimate of drug-likeness (QED) is 0.425. The molecule has 2 heterocycles. The van der Waals surface area contributed by atoms with Gasteiger partial charge in [0.2, 0.25) is 0 Å². The van der Waals surface area contributed by atoms with Gasteiger partial charge in [0.25, 0.3) is 5.91 Å². The Kier molecular flexibility index (Phi) is 4.26. The molecule has 0 fully saturated rings. The van der Waals surface area contributed by atoms with Gasteiger partial charge in [0.1, 0.15) is 17.2 Å². The van der Waals surface area contributed by atoms with Crippen molar-refractivity contribution in [2.24, 2.45) is 5.92 Å². The van der Waals surface area contributed by atoms with E-state index in [9.17, 15) is 9.90 Å². The van der Waals surface area contributed by atoms with Gasteiger partial charge in [0.05, 0.1) is 17.8 Å². The molecule has 0 saturated carbocycles. The molecule has 24 heavy (non-hydrogen) atoms. The van der Waals surface area contributed by atoms with Gasteiger partial charge in [-0.05, 0) is 30.5 Å². The Morgan fingerprint density at radius 1 is 1.29 bits per heavy atom. The van der Waals surface area contributed by atoms with Crippen molar-refractivity contribution >= 4 is 28.3 Å². The number of para-hydroxylation sites is 1. The maximum Gasteiger partial charge on any atom is 0.262 e. The van der Waals surface area contributed by atoms with E-state index < -0.39 is 5.91 Å². The van der Waals surface area contributed by atoms with E-state index in [-0.39, 0.29) is 12.3 Å². The van der Waals surface area contributed by atoms with Crippen LogP contribution in [0.5, 0.6) is 5.75 Å². The Balaban J connectivity index is 2.21. The largest absolute Gasteiger partial charge is 0.506 e. The molecule has 0 spiro atoms. The number of pyridine rings is 1. The summed E-state index contributed by atoms with van der Waals surface area (Å²) in [6, 6.07) is 9.16. The summed E-state index contributed by atoms with van der Waals surface area (Å²) in [5.41, 5.74) is 3.86. The molecule has 3 aromatic rings. The number of hydroxylamine groups is 1. The molecule has 0 unspecified atom stereocenters. The van der Waals surface area contributed by atoms with Crippen molar-refractivity contribution < 1.29 is 15.1 Å². The Hall–Kier alpha value is -2.80. The molecule has 0 atom stereocenters. The molecule has 2 aromatic heterocycles. The molecule has 126 valence electrons. The highest BCUT2D eigenvalue weighted by molar-refractivity contribution is 5.88. The molecular formula is C17H20N4O3. The zero-order chi connectivity index (χ0) is 17.3.